The molecule has 1 aromatic carbocycles. The molecular weight excluding hydrogens is 295 g/mol. The number of nitrogens with zero attached hydrogens (tertiary/aromatic N) is 1. The Bertz CT molecular complexity index is 586. The zero-order valence-electron chi connectivity index (χ0n) is 12.0. The fourth-order valence-electron chi connectivity index (χ4n) is 2.53. The van der Waals surface area contributed by atoms with Gasteiger partial charge < -0.3 is 5.11 Å². The summed E-state index contributed by atoms with van der Waals surface area (Å²) < 4.78 is 40.3. The third-order valence-electron chi connectivity index (χ3n) is 3.82. The molecule has 2 N–H and O–H groups in total. The molecule has 0 aliphatic carbocycles. The Balaban J connectivity index is 2.09. The van der Waals surface area contributed by atoms with Gasteiger partial charge in [-0.1, -0.05) is 6.07 Å². The van der Waals surface area contributed by atoms with Crippen molar-refractivity contribution in [2.24, 2.45) is 0 Å². The fraction of sp³-hybridized carbons (Fsp3) is 0.571. The van der Waals surface area contributed by atoms with Gasteiger partial charge in [-0.25, -0.2) is 17.5 Å². The zero-order valence-corrected chi connectivity index (χ0v) is 12.9. The summed E-state index contributed by atoms with van der Waals surface area (Å²) in [4.78, 5) is 2.03. The maximum atomic E-state index is 13.3. The molecule has 7 heteroatoms. The molecule has 0 aromatic heterocycles. The largest absolute Gasteiger partial charge is 0.392 e. The van der Waals surface area contributed by atoms with Crippen molar-refractivity contribution in [3.63, 3.8) is 0 Å². The minimum absolute atomic E-state index is 0.0911. The Morgan fingerprint density at radius 2 is 2.05 bits per heavy atom. The van der Waals surface area contributed by atoms with E-state index in [1.807, 2.05) is 6.92 Å². The summed E-state index contributed by atoms with van der Waals surface area (Å²) in [5.41, 5.74) is 0.192. The number of hydrogen-bond acceptors (Lipinski definition) is 4. The third kappa shape index (κ3) is 4.00. The number of rotatable bonds is 6. The fourth-order valence-corrected chi connectivity index (χ4v) is 3.89. The monoisotopic (exact) mass is 316 g/mol. The number of aliphatic hydroxyl groups is 1. The van der Waals surface area contributed by atoms with Crippen molar-refractivity contribution in [3.8, 4) is 0 Å². The van der Waals surface area contributed by atoms with Gasteiger partial charge in [0.2, 0.25) is 10.0 Å². The molecule has 1 aliphatic heterocycles. The molecule has 0 amide bonds. The second kappa shape index (κ2) is 6.83. The van der Waals surface area contributed by atoms with Gasteiger partial charge in [-0.2, -0.15) is 0 Å². The maximum Gasteiger partial charge on any atom is 0.241 e. The van der Waals surface area contributed by atoms with Gasteiger partial charge in [0.05, 0.1) is 11.5 Å². The zero-order chi connectivity index (χ0) is 15.5. The molecule has 118 valence electrons. The predicted octanol–water partition coefficient (Wildman–Crippen LogP) is 1.08. The van der Waals surface area contributed by atoms with E-state index in [1.165, 1.54) is 6.07 Å². The van der Waals surface area contributed by atoms with Crippen LogP contribution in [-0.4, -0.2) is 44.1 Å². The van der Waals surface area contributed by atoms with Crippen LogP contribution in [0, 0.1) is 5.82 Å². The van der Waals surface area contributed by atoms with Crippen molar-refractivity contribution in [2.45, 2.75) is 37.3 Å². The van der Waals surface area contributed by atoms with Gasteiger partial charge >= 0.3 is 0 Å². The highest BCUT2D eigenvalue weighted by Crippen LogP contribution is 2.18. The van der Waals surface area contributed by atoms with Gasteiger partial charge in [-0.3, -0.25) is 4.90 Å². The lowest BCUT2D eigenvalue weighted by atomic mass is 10.2. The number of benzene rings is 1. The Kier molecular flexibility index (Phi) is 5.32. The molecule has 2 rings (SSSR count). The molecule has 1 atom stereocenters. The van der Waals surface area contributed by atoms with Crippen LogP contribution in [0.25, 0.3) is 0 Å². The number of likely N-dealkylation sites (tertiary alicyclic amines) is 1. The highest BCUT2D eigenvalue weighted by molar-refractivity contribution is 7.89. The molecule has 0 bridgehead atoms. The van der Waals surface area contributed by atoms with E-state index in [4.69, 9.17) is 0 Å². The molecular formula is C14H21FN2O3S. The summed E-state index contributed by atoms with van der Waals surface area (Å²) in [7, 11) is -3.83. The van der Waals surface area contributed by atoms with E-state index in [9.17, 15) is 17.9 Å². The quantitative estimate of drug-likeness (QED) is 0.824. The smallest absolute Gasteiger partial charge is 0.241 e. The molecule has 1 heterocycles. The molecule has 1 unspecified atom stereocenters. The topological polar surface area (TPSA) is 69.6 Å². The average molecular weight is 316 g/mol. The standard InChI is InChI=1S/C14H21FN2O3S/c1-11(17-6-2-3-7-17)9-16-21(19,20)14-8-13(15)5-4-12(14)10-18/h4-5,8,11,16,18H,2-3,6-7,9-10H2,1H3. The molecule has 5 nitrogen and oxygen atoms in total. The first-order valence-corrected chi connectivity index (χ1v) is 8.55. The van der Waals surface area contributed by atoms with Crippen LogP contribution < -0.4 is 4.72 Å². The lowest BCUT2D eigenvalue weighted by Gasteiger charge is -2.24. The minimum Gasteiger partial charge on any atom is -0.392 e. The van der Waals surface area contributed by atoms with Crippen LogP contribution in [0.2, 0.25) is 0 Å². The van der Waals surface area contributed by atoms with Gasteiger partial charge in [0.25, 0.3) is 0 Å². The predicted molar refractivity (Wildman–Crippen MR) is 77.8 cm³/mol. The molecule has 1 saturated heterocycles. The molecule has 0 saturated carbocycles. The second-order valence-electron chi connectivity index (χ2n) is 5.35. The van der Waals surface area contributed by atoms with Crippen LogP contribution in [0.15, 0.2) is 23.1 Å². The second-order valence-corrected chi connectivity index (χ2v) is 7.09. The summed E-state index contributed by atoms with van der Waals surface area (Å²) in [5.74, 6) is -0.639. The van der Waals surface area contributed by atoms with Crippen molar-refractivity contribution in [2.75, 3.05) is 19.6 Å². The number of halogens is 1. The van der Waals surface area contributed by atoms with Crippen LogP contribution >= 0.6 is 0 Å². The molecule has 1 aliphatic rings. The van der Waals surface area contributed by atoms with Gasteiger partial charge in [0, 0.05) is 12.6 Å². The molecule has 1 aromatic rings. The van der Waals surface area contributed by atoms with Gasteiger partial charge in [0.15, 0.2) is 0 Å². The van der Waals surface area contributed by atoms with E-state index in [2.05, 4.69) is 9.62 Å². The van der Waals surface area contributed by atoms with E-state index in [0.717, 1.165) is 38.1 Å². The first-order chi connectivity index (χ1) is 9.94. The van der Waals surface area contributed by atoms with E-state index in [1.54, 1.807) is 0 Å². The number of hydrogen-bond donors (Lipinski definition) is 2. The van der Waals surface area contributed by atoms with Gasteiger partial charge in [0.1, 0.15) is 5.82 Å². The molecule has 21 heavy (non-hydrogen) atoms. The van der Waals surface area contributed by atoms with Gasteiger partial charge in [-0.15, -0.1) is 0 Å². The highest BCUT2D eigenvalue weighted by Gasteiger charge is 2.23. The van der Waals surface area contributed by atoms with E-state index in [-0.39, 0.29) is 23.0 Å². The maximum absolute atomic E-state index is 13.3. The summed E-state index contributed by atoms with van der Waals surface area (Å²) in [6.45, 7) is 3.74. The summed E-state index contributed by atoms with van der Waals surface area (Å²) in [5, 5.41) is 9.20. The number of nitrogens with one attached hydrogen (secondary N) is 1. The Morgan fingerprint density at radius 3 is 2.67 bits per heavy atom. The Morgan fingerprint density at radius 1 is 1.38 bits per heavy atom. The first kappa shape index (κ1) is 16.4. The van der Waals surface area contributed by atoms with Crippen molar-refractivity contribution >= 4 is 10.0 Å². The normalized spacial score (nSPS) is 18.0. The van der Waals surface area contributed by atoms with Crippen LogP contribution in [-0.2, 0) is 16.6 Å². The molecule has 0 spiro atoms. The lowest BCUT2D eigenvalue weighted by Crippen LogP contribution is -2.40. The first-order valence-electron chi connectivity index (χ1n) is 7.07. The molecule has 0 radical (unpaired) electrons. The summed E-state index contributed by atoms with van der Waals surface area (Å²) in [6.07, 6.45) is 2.27. The van der Waals surface area contributed by atoms with Crippen LogP contribution in [0.5, 0.6) is 0 Å². The van der Waals surface area contributed by atoms with Crippen molar-refractivity contribution in [1.82, 2.24) is 9.62 Å². The van der Waals surface area contributed by atoms with Crippen molar-refractivity contribution in [1.29, 1.82) is 0 Å². The number of aliphatic hydroxyl groups excluding tert-OH is 1. The Hall–Kier alpha value is -1.02. The van der Waals surface area contributed by atoms with Gasteiger partial charge in [-0.05, 0) is 50.6 Å². The van der Waals surface area contributed by atoms with E-state index in [0.29, 0.717) is 0 Å². The summed E-state index contributed by atoms with van der Waals surface area (Å²) >= 11 is 0. The number of sulfonamides is 1. The van der Waals surface area contributed by atoms with Crippen molar-refractivity contribution < 1.29 is 17.9 Å². The van der Waals surface area contributed by atoms with Crippen molar-refractivity contribution in [3.05, 3.63) is 29.6 Å². The van der Waals surface area contributed by atoms with Crippen LogP contribution in [0.4, 0.5) is 4.39 Å². The minimum atomic E-state index is -3.83. The Labute approximate surface area is 124 Å². The van der Waals surface area contributed by atoms with Crippen LogP contribution in [0.3, 0.4) is 0 Å². The third-order valence-corrected chi connectivity index (χ3v) is 5.33. The van der Waals surface area contributed by atoms with E-state index < -0.39 is 22.4 Å². The molecule has 1 fully saturated rings. The highest BCUT2D eigenvalue weighted by atomic mass is 32.2. The summed E-state index contributed by atoms with van der Waals surface area (Å²) in [6, 6.07) is 3.45. The lowest BCUT2D eigenvalue weighted by molar-refractivity contribution is 0.259. The van der Waals surface area contributed by atoms with E-state index >= 15 is 0 Å². The van der Waals surface area contributed by atoms with Crippen LogP contribution in [0.1, 0.15) is 25.3 Å². The SMILES string of the molecule is CC(CNS(=O)(=O)c1cc(F)ccc1CO)N1CCCC1. The average Bonchev–Trinajstić information content (AvgIpc) is 2.99.